The first-order valence-electron chi connectivity index (χ1n) is 7.37. The molecule has 0 aliphatic carbocycles. The van der Waals surface area contributed by atoms with Crippen LogP contribution in [0.4, 0.5) is 11.4 Å². The summed E-state index contributed by atoms with van der Waals surface area (Å²) in [5.74, 6) is 0.438. The van der Waals surface area contributed by atoms with Crippen molar-refractivity contribution >= 4 is 17.3 Å². The molecule has 0 aliphatic heterocycles. The van der Waals surface area contributed by atoms with Gasteiger partial charge in [-0.15, -0.1) is 0 Å². The monoisotopic (exact) mass is 338 g/mol. The fourth-order valence-corrected chi connectivity index (χ4v) is 2.23. The summed E-state index contributed by atoms with van der Waals surface area (Å²) in [4.78, 5) is 26.5. The third-order valence-electron chi connectivity index (χ3n) is 3.50. The third-order valence-corrected chi connectivity index (χ3v) is 3.50. The van der Waals surface area contributed by atoms with Crippen LogP contribution in [0.2, 0.25) is 0 Å². The zero-order valence-corrected chi connectivity index (χ0v) is 13.0. The van der Waals surface area contributed by atoms with Crippen LogP contribution in [0, 0.1) is 10.1 Å². The van der Waals surface area contributed by atoms with E-state index in [2.05, 4.69) is 10.3 Å². The number of carbonyl (C=O) groups excluding carboxylic acids is 1. The SMILES string of the molecule is Nc1ccc(C(=O)NCc2ncc(-c3ccccc3)o2)cc1[N+](=O)[O-]. The number of hydrogen-bond donors (Lipinski definition) is 2. The summed E-state index contributed by atoms with van der Waals surface area (Å²) in [5, 5.41) is 13.5. The van der Waals surface area contributed by atoms with E-state index in [1.807, 2.05) is 30.3 Å². The molecule has 0 aliphatic rings. The molecule has 1 amide bonds. The maximum atomic E-state index is 12.1. The molecule has 0 fully saturated rings. The number of hydrogen-bond acceptors (Lipinski definition) is 6. The van der Waals surface area contributed by atoms with Crippen LogP contribution in [0.25, 0.3) is 11.3 Å². The molecule has 3 N–H and O–H groups in total. The van der Waals surface area contributed by atoms with Crippen molar-refractivity contribution in [3.63, 3.8) is 0 Å². The molecule has 0 saturated heterocycles. The van der Waals surface area contributed by atoms with Gasteiger partial charge in [0.05, 0.1) is 17.7 Å². The lowest BCUT2D eigenvalue weighted by Gasteiger charge is -2.04. The number of nitro benzene ring substituents is 1. The lowest BCUT2D eigenvalue weighted by atomic mass is 10.1. The first-order chi connectivity index (χ1) is 12.0. The summed E-state index contributed by atoms with van der Waals surface area (Å²) in [6.45, 7) is 0.0594. The fraction of sp³-hybridized carbons (Fsp3) is 0.0588. The van der Waals surface area contributed by atoms with Gasteiger partial charge in [-0.25, -0.2) is 4.98 Å². The molecule has 0 radical (unpaired) electrons. The first kappa shape index (κ1) is 16.2. The Kier molecular flexibility index (Phi) is 4.42. The number of anilines is 1. The number of carbonyl (C=O) groups is 1. The van der Waals surface area contributed by atoms with Crippen molar-refractivity contribution in [2.45, 2.75) is 6.54 Å². The molecule has 0 atom stereocenters. The maximum absolute atomic E-state index is 12.1. The highest BCUT2D eigenvalue weighted by Crippen LogP contribution is 2.22. The minimum absolute atomic E-state index is 0.00162. The van der Waals surface area contributed by atoms with Gasteiger partial charge < -0.3 is 15.5 Å². The topological polar surface area (TPSA) is 124 Å². The Morgan fingerprint density at radius 1 is 1.24 bits per heavy atom. The fourth-order valence-electron chi connectivity index (χ4n) is 2.23. The number of aromatic nitrogens is 1. The van der Waals surface area contributed by atoms with E-state index in [1.54, 1.807) is 6.20 Å². The molecule has 126 valence electrons. The quantitative estimate of drug-likeness (QED) is 0.419. The average Bonchev–Trinajstić information content (AvgIpc) is 3.09. The molecule has 0 bridgehead atoms. The molecule has 0 spiro atoms. The van der Waals surface area contributed by atoms with E-state index in [9.17, 15) is 14.9 Å². The van der Waals surface area contributed by atoms with Gasteiger partial charge in [-0.05, 0) is 12.1 Å². The zero-order chi connectivity index (χ0) is 17.8. The van der Waals surface area contributed by atoms with Crippen molar-refractivity contribution in [2.24, 2.45) is 0 Å². The van der Waals surface area contributed by atoms with E-state index in [-0.39, 0.29) is 23.5 Å². The Hall–Kier alpha value is -3.68. The molecule has 0 saturated carbocycles. The van der Waals surface area contributed by atoms with Gasteiger partial charge in [0.15, 0.2) is 5.76 Å². The molecule has 1 heterocycles. The number of nitro groups is 1. The molecule has 8 nitrogen and oxygen atoms in total. The van der Waals surface area contributed by atoms with Crippen LogP contribution in [0.3, 0.4) is 0 Å². The van der Waals surface area contributed by atoms with Crippen molar-refractivity contribution in [3.8, 4) is 11.3 Å². The molecule has 0 unspecified atom stereocenters. The maximum Gasteiger partial charge on any atom is 0.292 e. The lowest BCUT2D eigenvalue weighted by Crippen LogP contribution is -2.23. The standard InChI is InChI=1S/C17H14N4O4/c18-13-7-6-12(8-14(13)21(23)24)17(22)20-10-16-19-9-15(25-16)11-4-2-1-3-5-11/h1-9H,10,18H2,(H,20,22). The van der Waals surface area contributed by atoms with E-state index in [4.69, 9.17) is 10.2 Å². The van der Waals surface area contributed by atoms with Crippen LogP contribution in [0.1, 0.15) is 16.2 Å². The zero-order valence-electron chi connectivity index (χ0n) is 13.0. The lowest BCUT2D eigenvalue weighted by molar-refractivity contribution is -0.383. The van der Waals surface area contributed by atoms with Gasteiger partial charge >= 0.3 is 0 Å². The highest BCUT2D eigenvalue weighted by Gasteiger charge is 2.16. The molecular formula is C17H14N4O4. The van der Waals surface area contributed by atoms with Crippen molar-refractivity contribution in [1.29, 1.82) is 0 Å². The number of nitrogens with two attached hydrogens (primary N) is 1. The summed E-state index contributed by atoms with van der Waals surface area (Å²) in [7, 11) is 0. The largest absolute Gasteiger partial charge is 0.439 e. The van der Waals surface area contributed by atoms with Crippen molar-refractivity contribution in [3.05, 3.63) is 76.3 Å². The average molecular weight is 338 g/mol. The molecule has 25 heavy (non-hydrogen) atoms. The molecular weight excluding hydrogens is 324 g/mol. The van der Waals surface area contributed by atoms with E-state index in [1.165, 1.54) is 12.1 Å². The first-order valence-corrected chi connectivity index (χ1v) is 7.37. The van der Waals surface area contributed by atoms with Gasteiger partial charge in [0, 0.05) is 17.2 Å². The van der Waals surface area contributed by atoms with Crippen LogP contribution in [0.15, 0.2) is 59.1 Å². The van der Waals surface area contributed by atoms with Crippen molar-refractivity contribution < 1.29 is 14.1 Å². The Bertz CT molecular complexity index is 921. The van der Waals surface area contributed by atoms with E-state index in [0.29, 0.717) is 11.7 Å². The van der Waals surface area contributed by atoms with Gasteiger partial charge in [0.2, 0.25) is 5.89 Å². The van der Waals surface area contributed by atoms with Crippen LogP contribution in [0.5, 0.6) is 0 Å². The molecule has 2 aromatic carbocycles. The van der Waals surface area contributed by atoms with Gasteiger partial charge in [-0.3, -0.25) is 14.9 Å². The number of benzene rings is 2. The molecule has 3 aromatic rings. The Balaban J connectivity index is 1.68. The summed E-state index contributed by atoms with van der Waals surface area (Å²) in [6.07, 6.45) is 1.57. The third kappa shape index (κ3) is 3.63. The number of oxazole rings is 1. The molecule has 1 aromatic heterocycles. The molecule has 8 heteroatoms. The minimum atomic E-state index is -0.633. The van der Waals surface area contributed by atoms with Crippen LogP contribution in [-0.2, 0) is 6.54 Å². The Labute approximate surface area is 142 Å². The van der Waals surface area contributed by atoms with Crippen molar-refractivity contribution in [1.82, 2.24) is 10.3 Å². The van der Waals surface area contributed by atoms with Crippen LogP contribution >= 0.6 is 0 Å². The predicted octanol–water partition coefficient (Wildman–Crippen LogP) is 2.76. The smallest absolute Gasteiger partial charge is 0.292 e. The number of amides is 1. The van der Waals surface area contributed by atoms with Gasteiger partial charge in [-0.2, -0.15) is 0 Å². The number of nitrogen functional groups attached to an aromatic ring is 1. The summed E-state index contributed by atoms with van der Waals surface area (Å²) in [5.41, 5.74) is 6.22. The van der Waals surface area contributed by atoms with Crippen molar-refractivity contribution in [2.75, 3.05) is 5.73 Å². The highest BCUT2D eigenvalue weighted by atomic mass is 16.6. The normalized spacial score (nSPS) is 10.4. The second-order valence-electron chi connectivity index (χ2n) is 5.20. The van der Waals surface area contributed by atoms with Gasteiger partial charge in [-0.1, -0.05) is 30.3 Å². The number of nitrogens with one attached hydrogen (secondary N) is 1. The van der Waals surface area contributed by atoms with Crippen LogP contribution < -0.4 is 11.1 Å². The number of rotatable bonds is 5. The van der Waals surface area contributed by atoms with E-state index in [0.717, 1.165) is 11.6 Å². The van der Waals surface area contributed by atoms with Crippen LogP contribution in [-0.4, -0.2) is 15.8 Å². The van der Waals surface area contributed by atoms with E-state index < -0.39 is 10.8 Å². The number of nitrogens with zero attached hydrogens (tertiary/aromatic N) is 2. The summed E-state index contributed by atoms with van der Waals surface area (Å²) < 4.78 is 5.58. The minimum Gasteiger partial charge on any atom is -0.439 e. The second-order valence-corrected chi connectivity index (χ2v) is 5.20. The van der Waals surface area contributed by atoms with Gasteiger partial charge in [0.25, 0.3) is 11.6 Å². The Morgan fingerprint density at radius 3 is 2.72 bits per heavy atom. The van der Waals surface area contributed by atoms with E-state index >= 15 is 0 Å². The second kappa shape index (κ2) is 6.83. The molecule has 3 rings (SSSR count). The summed E-state index contributed by atoms with van der Waals surface area (Å²) >= 11 is 0. The Morgan fingerprint density at radius 2 is 2.00 bits per heavy atom. The summed E-state index contributed by atoms with van der Waals surface area (Å²) in [6, 6.07) is 13.3. The highest BCUT2D eigenvalue weighted by molar-refractivity contribution is 5.95. The predicted molar refractivity (Wildman–Crippen MR) is 90.6 cm³/mol. The van der Waals surface area contributed by atoms with Gasteiger partial charge in [0.1, 0.15) is 5.69 Å².